The van der Waals surface area contributed by atoms with Crippen LogP contribution in [0.2, 0.25) is 0 Å². The number of benzene rings is 1. The smallest absolute Gasteiger partial charge is 0.294 e. The van der Waals surface area contributed by atoms with Gasteiger partial charge in [0.05, 0.1) is 6.26 Å². The maximum Gasteiger partial charge on any atom is 0.294 e. The second kappa shape index (κ2) is 12.9. The first-order valence-electron chi connectivity index (χ1n) is 13.9. The van der Waals surface area contributed by atoms with E-state index in [9.17, 15) is 15.0 Å². The standard InChI is InChI=1S/C30H44N2O4/c1-24-7-9-26(10-8-24)32(29(35)28-6-5-21-36-28)27-12-18-31(19-13-27)20-17-30(14-3-2-4-15-30)16-11-25(22-33)23-34/h5-10,21,25,27,33-34H,2-4,11-20,22-23H2,1H3. The third-order valence-electron chi connectivity index (χ3n) is 8.66. The number of piperidine rings is 1. The zero-order valence-corrected chi connectivity index (χ0v) is 21.9. The fourth-order valence-corrected chi connectivity index (χ4v) is 6.19. The lowest BCUT2D eigenvalue weighted by Crippen LogP contribution is -2.48. The van der Waals surface area contributed by atoms with Crippen LogP contribution in [0, 0.1) is 18.3 Å². The fourth-order valence-electron chi connectivity index (χ4n) is 6.19. The van der Waals surface area contributed by atoms with Gasteiger partial charge in [-0.05, 0) is 88.1 Å². The Morgan fingerprint density at radius 3 is 2.36 bits per heavy atom. The van der Waals surface area contributed by atoms with Crippen LogP contribution in [0.4, 0.5) is 5.69 Å². The van der Waals surface area contributed by atoms with Crippen molar-refractivity contribution in [3.05, 3.63) is 54.0 Å². The summed E-state index contributed by atoms with van der Waals surface area (Å²) in [6.45, 7) is 5.29. The van der Waals surface area contributed by atoms with Crippen LogP contribution in [-0.4, -0.2) is 59.9 Å². The Bertz CT molecular complexity index is 909. The first-order chi connectivity index (χ1) is 17.5. The minimum absolute atomic E-state index is 0.0130. The average molecular weight is 497 g/mol. The molecule has 0 bridgehead atoms. The van der Waals surface area contributed by atoms with Gasteiger partial charge in [-0.1, -0.05) is 37.0 Å². The van der Waals surface area contributed by atoms with Crippen LogP contribution in [0.25, 0.3) is 0 Å². The lowest BCUT2D eigenvalue weighted by molar-refractivity contribution is 0.0848. The molecule has 2 aliphatic rings. The molecule has 0 spiro atoms. The van der Waals surface area contributed by atoms with Crippen molar-refractivity contribution in [1.29, 1.82) is 0 Å². The lowest BCUT2D eigenvalue weighted by Gasteiger charge is -2.42. The van der Waals surface area contributed by atoms with Gasteiger partial charge in [-0.15, -0.1) is 0 Å². The van der Waals surface area contributed by atoms with E-state index in [0.717, 1.165) is 51.0 Å². The van der Waals surface area contributed by atoms with E-state index in [2.05, 4.69) is 24.0 Å². The van der Waals surface area contributed by atoms with Crippen LogP contribution in [0.1, 0.15) is 80.3 Å². The maximum atomic E-state index is 13.4. The monoisotopic (exact) mass is 496 g/mol. The Balaban J connectivity index is 1.37. The number of amides is 1. The molecule has 1 aliphatic heterocycles. The summed E-state index contributed by atoms with van der Waals surface area (Å²) in [5.74, 6) is 0.339. The van der Waals surface area contributed by atoms with E-state index in [1.807, 2.05) is 17.0 Å². The Morgan fingerprint density at radius 1 is 1.06 bits per heavy atom. The number of likely N-dealkylation sites (tertiary alicyclic amines) is 1. The van der Waals surface area contributed by atoms with Gasteiger partial charge < -0.3 is 24.4 Å². The highest BCUT2D eigenvalue weighted by molar-refractivity contribution is 6.04. The van der Waals surface area contributed by atoms with Crippen molar-refractivity contribution in [3.8, 4) is 0 Å². The molecule has 2 heterocycles. The van der Waals surface area contributed by atoms with Gasteiger partial charge in [0, 0.05) is 44.0 Å². The molecule has 6 nitrogen and oxygen atoms in total. The first-order valence-corrected chi connectivity index (χ1v) is 13.9. The second-order valence-corrected chi connectivity index (χ2v) is 11.1. The molecule has 36 heavy (non-hydrogen) atoms. The molecule has 1 saturated heterocycles. The van der Waals surface area contributed by atoms with Gasteiger partial charge in [0.25, 0.3) is 5.91 Å². The third-order valence-corrected chi connectivity index (χ3v) is 8.66. The molecule has 1 aromatic heterocycles. The molecule has 198 valence electrons. The molecule has 0 radical (unpaired) electrons. The molecule has 0 unspecified atom stereocenters. The number of hydrogen-bond donors (Lipinski definition) is 2. The maximum absolute atomic E-state index is 13.4. The van der Waals surface area contributed by atoms with Crippen LogP contribution in [0.3, 0.4) is 0 Å². The Labute approximate surface area is 216 Å². The zero-order valence-electron chi connectivity index (χ0n) is 21.9. The molecular weight excluding hydrogens is 452 g/mol. The van der Waals surface area contributed by atoms with Gasteiger partial charge in [-0.25, -0.2) is 0 Å². The molecule has 4 rings (SSSR count). The van der Waals surface area contributed by atoms with E-state index in [0.29, 0.717) is 11.2 Å². The third kappa shape index (κ3) is 6.78. The van der Waals surface area contributed by atoms with Crippen molar-refractivity contribution in [3.63, 3.8) is 0 Å². The Kier molecular flexibility index (Phi) is 9.63. The fraction of sp³-hybridized carbons (Fsp3) is 0.633. The number of anilines is 1. The predicted molar refractivity (Wildman–Crippen MR) is 143 cm³/mol. The van der Waals surface area contributed by atoms with E-state index < -0.39 is 0 Å². The zero-order chi connectivity index (χ0) is 25.4. The van der Waals surface area contributed by atoms with Crippen LogP contribution in [-0.2, 0) is 0 Å². The van der Waals surface area contributed by atoms with Gasteiger partial charge in [0.2, 0.25) is 0 Å². The molecule has 1 aliphatic carbocycles. The topological polar surface area (TPSA) is 77.2 Å². The second-order valence-electron chi connectivity index (χ2n) is 11.1. The van der Waals surface area contributed by atoms with Crippen LogP contribution in [0.15, 0.2) is 47.1 Å². The number of hydrogen-bond acceptors (Lipinski definition) is 5. The number of aliphatic hydroxyl groups is 2. The largest absolute Gasteiger partial charge is 0.459 e. The van der Waals surface area contributed by atoms with Crippen LogP contribution < -0.4 is 4.90 Å². The molecule has 1 amide bonds. The average Bonchev–Trinajstić information content (AvgIpc) is 3.46. The summed E-state index contributed by atoms with van der Waals surface area (Å²) in [6, 6.07) is 11.9. The summed E-state index contributed by atoms with van der Waals surface area (Å²) in [7, 11) is 0. The van der Waals surface area contributed by atoms with Crippen molar-refractivity contribution in [2.45, 2.75) is 77.2 Å². The molecule has 2 N–H and O–H groups in total. The van der Waals surface area contributed by atoms with Gasteiger partial charge in [-0.3, -0.25) is 4.79 Å². The molecular formula is C30H44N2O4. The Hall–Kier alpha value is -2.15. The summed E-state index contributed by atoms with van der Waals surface area (Å²) >= 11 is 0. The van der Waals surface area contributed by atoms with Crippen molar-refractivity contribution in [2.75, 3.05) is 37.7 Å². The molecule has 6 heteroatoms. The summed E-state index contributed by atoms with van der Waals surface area (Å²) in [5.41, 5.74) is 2.46. The lowest BCUT2D eigenvalue weighted by atomic mass is 9.68. The SMILES string of the molecule is Cc1ccc(N(C(=O)c2ccco2)C2CCN(CCC3(CCC(CO)CO)CCCCC3)CC2)cc1. The van der Waals surface area contributed by atoms with Crippen LogP contribution in [0.5, 0.6) is 0 Å². The highest BCUT2D eigenvalue weighted by Gasteiger charge is 2.35. The van der Waals surface area contributed by atoms with Gasteiger partial charge >= 0.3 is 0 Å². The number of aryl methyl sites for hydroxylation is 1. The van der Waals surface area contributed by atoms with E-state index in [1.54, 1.807) is 18.4 Å². The highest BCUT2D eigenvalue weighted by Crippen LogP contribution is 2.44. The Morgan fingerprint density at radius 2 is 1.75 bits per heavy atom. The quantitative estimate of drug-likeness (QED) is 0.434. The van der Waals surface area contributed by atoms with E-state index in [-0.39, 0.29) is 31.1 Å². The number of aliphatic hydroxyl groups excluding tert-OH is 2. The number of carbonyl (C=O) groups is 1. The molecule has 1 aromatic carbocycles. The first kappa shape index (κ1) is 26.9. The molecule has 0 atom stereocenters. The van der Waals surface area contributed by atoms with E-state index in [1.165, 1.54) is 44.1 Å². The van der Waals surface area contributed by atoms with Crippen LogP contribution >= 0.6 is 0 Å². The van der Waals surface area contributed by atoms with E-state index in [4.69, 9.17) is 4.42 Å². The number of furan rings is 1. The summed E-state index contributed by atoms with van der Waals surface area (Å²) in [4.78, 5) is 17.9. The normalized spacial score (nSPS) is 19.0. The van der Waals surface area contributed by atoms with Gasteiger partial charge in [-0.2, -0.15) is 0 Å². The number of nitrogens with zero attached hydrogens (tertiary/aromatic N) is 2. The number of carbonyl (C=O) groups excluding carboxylic acids is 1. The summed E-state index contributed by atoms with van der Waals surface area (Å²) < 4.78 is 5.47. The summed E-state index contributed by atoms with van der Waals surface area (Å²) in [6.07, 6.45) is 13.1. The molecule has 1 saturated carbocycles. The summed E-state index contributed by atoms with van der Waals surface area (Å²) in [5, 5.41) is 19.1. The minimum atomic E-state index is -0.0641. The number of rotatable bonds is 11. The van der Waals surface area contributed by atoms with Gasteiger partial charge in [0.15, 0.2) is 5.76 Å². The minimum Gasteiger partial charge on any atom is -0.459 e. The van der Waals surface area contributed by atoms with Crippen molar-refractivity contribution in [2.24, 2.45) is 11.3 Å². The predicted octanol–water partition coefficient (Wildman–Crippen LogP) is 5.42. The van der Waals surface area contributed by atoms with Crippen molar-refractivity contribution < 1.29 is 19.4 Å². The molecule has 2 fully saturated rings. The molecule has 2 aromatic rings. The van der Waals surface area contributed by atoms with E-state index >= 15 is 0 Å². The van der Waals surface area contributed by atoms with Gasteiger partial charge in [0.1, 0.15) is 0 Å². The highest BCUT2D eigenvalue weighted by atomic mass is 16.3. The van der Waals surface area contributed by atoms with Crippen molar-refractivity contribution in [1.82, 2.24) is 4.90 Å². The van der Waals surface area contributed by atoms with Crippen molar-refractivity contribution >= 4 is 11.6 Å².